The van der Waals surface area contributed by atoms with Crippen LogP contribution < -0.4 is 5.73 Å². The molecule has 1 aromatic carbocycles. The first-order chi connectivity index (χ1) is 15.1. The van der Waals surface area contributed by atoms with Gasteiger partial charge in [0.25, 0.3) is 0 Å². The Balaban J connectivity index is 1.33. The molecule has 1 saturated heterocycles. The average molecular weight is 448 g/mol. The Bertz CT molecular complexity index is 709. The number of piperidine rings is 1. The molecule has 2 saturated carbocycles. The van der Waals surface area contributed by atoms with Crippen LogP contribution in [-0.2, 0) is 9.53 Å². The predicted molar refractivity (Wildman–Crippen MR) is 125 cm³/mol. The topological polar surface area (TPSA) is 79.0 Å². The second kappa shape index (κ2) is 10.7. The molecule has 0 radical (unpaired) electrons. The second-order valence-electron chi connectivity index (χ2n) is 9.61. The average Bonchev–Trinajstić information content (AvgIpc) is 3.65. The van der Waals surface area contributed by atoms with Gasteiger partial charge in [-0.05, 0) is 69.4 Å². The fraction of sp³-hybridized carbons (Fsp3) is 0.708. The lowest BCUT2D eigenvalue weighted by atomic mass is 9.82. The van der Waals surface area contributed by atoms with Gasteiger partial charge in [0.2, 0.25) is 5.91 Å². The number of ether oxygens (including phenoxy) is 1. The summed E-state index contributed by atoms with van der Waals surface area (Å²) in [7, 11) is 1.87. The largest absolute Gasteiger partial charge is 0.376 e. The Morgan fingerprint density at radius 2 is 1.87 bits per heavy atom. The molecule has 31 heavy (non-hydrogen) atoms. The molecule has 6 nitrogen and oxygen atoms in total. The third-order valence-corrected chi connectivity index (χ3v) is 7.85. The van der Waals surface area contributed by atoms with Gasteiger partial charge in [0, 0.05) is 25.0 Å². The van der Waals surface area contributed by atoms with Gasteiger partial charge in [0.15, 0.2) is 0 Å². The van der Waals surface area contributed by atoms with Crippen molar-refractivity contribution in [3.63, 3.8) is 0 Å². The van der Waals surface area contributed by atoms with Gasteiger partial charge in [-0.3, -0.25) is 4.79 Å². The Morgan fingerprint density at radius 1 is 1.16 bits per heavy atom. The molecular formula is C24H37N3O3S. The quantitative estimate of drug-likeness (QED) is 0.467. The van der Waals surface area contributed by atoms with Gasteiger partial charge >= 0.3 is 0 Å². The van der Waals surface area contributed by atoms with Crippen molar-refractivity contribution in [1.29, 1.82) is 0 Å². The van der Waals surface area contributed by atoms with Crippen molar-refractivity contribution in [2.75, 3.05) is 26.7 Å². The Labute approximate surface area is 190 Å². The Morgan fingerprint density at radius 3 is 2.52 bits per heavy atom. The van der Waals surface area contributed by atoms with Gasteiger partial charge in [-0.15, -0.1) is 0 Å². The highest BCUT2D eigenvalue weighted by Gasteiger charge is 2.43. The molecule has 0 bridgehead atoms. The van der Waals surface area contributed by atoms with E-state index in [0.29, 0.717) is 19.1 Å². The summed E-state index contributed by atoms with van der Waals surface area (Å²) in [5.41, 5.74) is 8.13. The maximum atomic E-state index is 12.9. The lowest BCUT2D eigenvalue weighted by Crippen LogP contribution is -2.61. The van der Waals surface area contributed by atoms with E-state index >= 15 is 0 Å². The van der Waals surface area contributed by atoms with E-state index in [1.54, 1.807) is 0 Å². The zero-order valence-electron chi connectivity index (χ0n) is 18.6. The van der Waals surface area contributed by atoms with E-state index in [-0.39, 0.29) is 35.9 Å². The first-order valence-electron chi connectivity index (χ1n) is 11.8. The number of hydrogen-bond donors (Lipinski definition) is 2. The van der Waals surface area contributed by atoms with Crippen molar-refractivity contribution in [2.45, 2.75) is 69.1 Å². The number of benzene rings is 1. The minimum Gasteiger partial charge on any atom is -0.376 e. The van der Waals surface area contributed by atoms with Crippen LogP contribution in [0.15, 0.2) is 30.3 Å². The lowest BCUT2D eigenvalue weighted by Gasteiger charge is -2.45. The van der Waals surface area contributed by atoms with Crippen LogP contribution >= 0.6 is 12.2 Å². The van der Waals surface area contributed by atoms with Gasteiger partial charge in [0.05, 0.1) is 31.0 Å². The van der Waals surface area contributed by atoms with Crippen LogP contribution in [0.1, 0.15) is 56.4 Å². The van der Waals surface area contributed by atoms with E-state index in [2.05, 4.69) is 30.3 Å². The lowest BCUT2D eigenvalue weighted by molar-refractivity contribution is -0.141. The molecule has 172 valence electrons. The summed E-state index contributed by atoms with van der Waals surface area (Å²) in [6.07, 6.45) is 7.57. The number of carbonyl (C=O) groups is 1. The van der Waals surface area contributed by atoms with Gasteiger partial charge in [-0.2, -0.15) is 0 Å². The summed E-state index contributed by atoms with van der Waals surface area (Å²) in [5.74, 6) is 1.33. The van der Waals surface area contributed by atoms with E-state index in [9.17, 15) is 9.35 Å². The minimum absolute atomic E-state index is 0.0733. The van der Waals surface area contributed by atoms with E-state index in [1.165, 1.54) is 5.56 Å². The van der Waals surface area contributed by atoms with Crippen LogP contribution in [0, 0.1) is 11.8 Å². The highest BCUT2D eigenvalue weighted by molar-refractivity contribution is 7.91. The molecule has 1 aromatic rings. The molecule has 3 fully saturated rings. The zero-order valence-corrected chi connectivity index (χ0v) is 19.4. The molecule has 3 atom stereocenters. The van der Waals surface area contributed by atoms with Gasteiger partial charge in [-0.25, -0.2) is 4.31 Å². The highest BCUT2D eigenvalue weighted by atomic mass is 32.2. The molecule has 1 unspecified atom stereocenters. The van der Waals surface area contributed by atoms with E-state index < -0.39 is 0 Å². The van der Waals surface area contributed by atoms with E-state index in [0.717, 1.165) is 63.7 Å². The van der Waals surface area contributed by atoms with Crippen LogP contribution in [0.2, 0.25) is 0 Å². The molecule has 1 aliphatic heterocycles. The number of nitrogens with two attached hydrogens (primary N) is 1. The number of amides is 1. The number of likely N-dealkylation sites (tertiary alicyclic amines) is 1. The Hall–Kier alpha value is -1.12. The van der Waals surface area contributed by atoms with E-state index in [1.807, 2.05) is 16.3 Å². The fourth-order valence-corrected chi connectivity index (χ4v) is 5.58. The van der Waals surface area contributed by atoms with Crippen LogP contribution in [0.5, 0.6) is 0 Å². The first-order valence-corrected chi connectivity index (χ1v) is 12.5. The highest BCUT2D eigenvalue weighted by Crippen LogP contribution is 2.36. The van der Waals surface area contributed by atoms with Crippen molar-refractivity contribution < 1.29 is 14.1 Å². The van der Waals surface area contributed by atoms with Gasteiger partial charge in [0.1, 0.15) is 0 Å². The standard InChI is InChI=1S/C24H37N3O3S/c1-26(31-29)15-20-13-14-27(24(28)19-7-8-19)22(23(20)25)16-30-21-11-9-18(10-12-21)17-5-3-2-4-6-17/h2-6,18-23,29H,7-16,25H2,1H3/t18-,20?,21+,22-,23-/m0/s1. The first kappa shape index (κ1) is 23.1. The molecule has 3 N–H and O–H groups in total. The molecule has 7 heteroatoms. The Kier molecular flexibility index (Phi) is 7.93. The molecule has 1 amide bonds. The van der Waals surface area contributed by atoms with Crippen LogP contribution in [0.4, 0.5) is 0 Å². The van der Waals surface area contributed by atoms with Crippen LogP contribution in [-0.4, -0.2) is 64.6 Å². The van der Waals surface area contributed by atoms with Gasteiger partial charge in [-0.1, -0.05) is 30.3 Å². The summed E-state index contributed by atoms with van der Waals surface area (Å²) in [6.45, 7) is 1.98. The van der Waals surface area contributed by atoms with E-state index in [4.69, 9.17) is 10.5 Å². The molecule has 1 heterocycles. The maximum absolute atomic E-state index is 12.9. The van der Waals surface area contributed by atoms with Gasteiger partial charge < -0.3 is 19.9 Å². The second-order valence-corrected chi connectivity index (χ2v) is 10.4. The summed E-state index contributed by atoms with van der Waals surface area (Å²) >= 11 is 0.744. The van der Waals surface area contributed by atoms with Crippen molar-refractivity contribution in [3.8, 4) is 0 Å². The number of hydrogen-bond acceptors (Lipinski definition) is 6. The molecular weight excluding hydrogens is 410 g/mol. The number of carbonyl (C=O) groups excluding carboxylic acids is 1. The maximum Gasteiger partial charge on any atom is 0.226 e. The third kappa shape index (κ3) is 5.82. The van der Waals surface area contributed by atoms with Crippen LogP contribution in [0.3, 0.4) is 0 Å². The van der Waals surface area contributed by atoms with Crippen molar-refractivity contribution in [3.05, 3.63) is 35.9 Å². The summed E-state index contributed by atoms with van der Waals surface area (Å²) < 4.78 is 17.5. The minimum atomic E-state index is -0.133. The summed E-state index contributed by atoms with van der Waals surface area (Å²) in [5, 5.41) is 0. The fourth-order valence-electron chi connectivity index (χ4n) is 5.32. The molecule has 3 aliphatic rings. The third-order valence-electron chi connectivity index (χ3n) is 7.42. The number of rotatable bonds is 8. The van der Waals surface area contributed by atoms with Crippen molar-refractivity contribution >= 4 is 18.1 Å². The number of nitrogens with zero attached hydrogens (tertiary/aromatic N) is 2. The molecule has 0 spiro atoms. The zero-order chi connectivity index (χ0) is 21.8. The molecule has 0 aromatic heterocycles. The summed E-state index contributed by atoms with van der Waals surface area (Å²) in [6, 6.07) is 10.6. The molecule has 2 aliphatic carbocycles. The normalized spacial score (nSPS) is 31.7. The van der Waals surface area contributed by atoms with Crippen molar-refractivity contribution in [1.82, 2.24) is 9.21 Å². The summed E-state index contributed by atoms with van der Waals surface area (Å²) in [4.78, 5) is 14.9. The monoisotopic (exact) mass is 447 g/mol. The molecule has 4 rings (SSSR count). The van der Waals surface area contributed by atoms with Crippen LogP contribution in [0.25, 0.3) is 0 Å². The van der Waals surface area contributed by atoms with Crippen molar-refractivity contribution in [2.24, 2.45) is 17.6 Å². The predicted octanol–water partition coefficient (Wildman–Crippen LogP) is 3.74. The SMILES string of the molecule is CN(CC1CCN(C(=O)C2CC2)[C@@H](CO[C@H]2CC[C@@H](c3ccccc3)CC2)[C@H]1N)SO. The smallest absolute Gasteiger partial charge is 0.226 e.